The van der Waals surface area contributed by atoms with Gasteiger partial charge in [0.15, 0.2) is 0 Å². The molecule has 0 rings (SSSR count). The summed E-state index contributed by atoms with van der Waals surface area (Å²) in [6, 6.07) is 0. The number of rotatable bonds is 9. The van der Waals surface area contributed by atoms with Crippen molar-refractivity contribution in [3.05, 3.63) is 25.5 Å². The second kappa shape index (κ2) is 14.2. The molecule has 0 saturated carbocycles. The Hall–Kier alpha value is -1.44. The molecule has 1 atom stereocenters. The van der Waals surface area contributed by atoms with Crippen molar-refractivity contribution in [1.29, 1.82) is 0 Å². The van der Waals surface area contributed by atoms with Gasteiger partial charge >= 0.3 is 21.2 Å². The van der Waals surface area contributed by atoms with Crippen LogP contribution in [0.1, 0.15) is 48.0 Å². The van der Waals surface area contributed by atoms with E-state index in [1.807, 2.05) is 34.6 Å². The summed E-state index contributed by atoms with van der Waals surface area (Å²) in [5.74, 6) is -0.751. The predicted octanol–water partition coefficient (Wildman–Crippen LogP) is 2.80. The van der Waals surface area contributed by atoms with E-state index in [-0.39, 0.29) is 23.9 Å². The minimum absolute atomic E-state index is 0.0712. The molecule has 0 aliphatic heterocycles. The molecule has 0 N–H and O–H groups in total. The standard InChI is InChI=1S/C12H24O4Si.C4H6O2/c1-7-11(13)14-12(8-2)17(15-9(3)4)16-10(5)6;1-3-6-4(2)5/h7,9-10,12,17H,1,8H2,2-6H3;3H,1H2,2H3. The number of carbonyl (C=O) groups is 2. The molecule has 0 aliphatic carbocycles. The maximum Gasteiger partial charge on any atom is 0.364 e. The van der Waals surface area contributed by atoms with E-state index in [0.29, 0.717) is 6.42 Å². The lowest BCUT2D eigenvalue weighted by atomic mass is 10.5. The van der Waals surface area contributed by atoms with E-state index in [0.717, 1.165) is 6.26 Å². The molecule has 0 spiro atoms. The van der Waals surface area contributed by atoms with Gasteiger partial charge in [0.1, 0.15) is 5.73 Å². The number of esters is 2. The highest BCUT2D eigenvalue weighted by atomic mass is 28.3. The van der Waals surface area contributed by atoms with Crippen LogP contribution < -0.4 is 0 Å². The fraction of sp³-hybridized carbons (Fsp3) is 0.625. The van der Waals surface area contributed by atoms with Crippen molar-refractivity contribution in [2.75, 3.05) is 0 Å². The van der Waals surface area contributed by atoms with Gasteiger partial charge in [-0.25, -0.2) is 4.79 Å². The van der Waals surface area contributed by atoms with Crippen molar-refractivity contribution in [2.24, 2.45) is 0 Å². The normalized spacial score (nSPS) is 11.5. The highest BCUT2D eigenvalue weighted by Gasteiger charge is 2.30. The Morgan fingerprint density at radius 1 is 1.09 bits per heavy atom. The lowest BCUT2D eigenvalue weighted by Gasteiger charge is -2.27. The van der Waals surface area contributed by atoms with E-state index in [2.05, 4.69) is 17.9 Å². The van der Waals surface area contributed by atoms with E-state index in [1.54, 1.807) is 0 Å². The zero-order chi connectivity index (χ0) is 18.4. The molecule has 7 heteroatoms. The Bertz CT molecular complexity index is 358. The summed E-state index contributed by atoms with van der Waals surface area (Å²) in [7, 11) is -2.03. The molecule has 0 bridgehead atoms. The number of carbonyl (C=O) groups excluding carboxylic acids is 2. The SMILES string of the molecule is C=CC(=O)OC(CC)[SiH](OC(C)C)OC(C)C.C=COC(C)=O. The smallest absolute Gasteiger partial charge is 0.364 e. The highest BCUT2D eigenvalue weighted by molar-refractivity contribution is 6.46. The van der Waals surface area contributed by atoms with Crippen LogP contribution in [0, 0.1) is 0 Å². The highest BCUT2D eigenvalue weighted by Crippen LogP contribution is 2.11. The molecule has 0 amide bonds. The molecule has 0 aliphatic rings. The lowest BCUT2D eigenvalue weighted by Crippen LogP contribution is -2.43. The monoisotopic (exact) mass is 346 g/mol. The van der Waals surface area contributed by atoms with Crippen LogP contribution in [0.2, 0.25) is 0 Å². The molecular weight excluding hydrogens is 316 g/mol. The van der Waals surface area contributed by atoms with Crippen molar-refractivity contribution in [1.82, 2.24) is 0 Å². The Morgan fingerprint density at radius 3 is 1.78 bits per heavy atom. The van der Waals surface area contributed by atoms with Crippen molar-refractivity contribution in [3.63, 3.8) is 0 Å². The summed E-state index contributed by atoms with van der Waals surface area (Å²) in [4.78, 5) is 21.0. The van der Waals surface area contributed by atoms with Crippen molar-refractivity contribution in [3.8, 4) is 0 Å². The van der Waals surface area contributed by atoms with Crippen molar-refractivity contribution in [2.45, 2.75) is 65.9 Å². The van der Waals surface area contributed by atoms with Crippen LogP contribution in [-0.4, -0.2) is 39.2 Å². The van der Waals surface area contributed by atoms with Crippen LogP contribution in [0.15, 0.2) is 25.5 Å². The van der Waals surface area contributed by atoms with E-state index in [9.17, 15) is 9.59 Å². The Balaban J connectivity index is 0. The molecule has 0 aromatic carbocycles. The summed E-state index contributed by atoms with van der Waals surface area (Å²) in [6.45, 7) is 17.6. The summed E-state index contributed by atoms with van der Waals surface area (Å²) in [5, 5.41) is 0. The zero-order valence-electron chi connectivity index (χ0n) is 15.0. The van der Waals surface area contributed by atoms with Crippen LogP contribution in [-0.2, 0) is 27.9 Å². The van der Waals surface area contributed by atoms with Gasteiger partial charge in [-0.05, 0) is 34.1 Å². The van der Waals surface area contributed by atoms with Gasteiger partial charge in [0.25, 0.3) is 0 Å². The zero-order valence-corrected chi connectivity index (χ0v) is 16.2. The minimum atomic E-state index is -2.03. The van der Waals surface area contributed by atoms with E-state index in [4.69, 9.17) is 13.6 Å². The third-order valence-electron chi connectivity index (χ3n) is 2.20. The Kier molecular flexibility index (Phi) is 14.7. The third kappa shape index (κ3) is 15.2. The minimum Gasteiger partial charge on any atom is -0.458 e. The molecule has 134 valence electrons. The molecule has 6 nitrogen and oxygen atoms in total. The number of ether oxygens (including phenoxy) is 2. The molecule has 23 heavy (non-hydrogen) atoms. The van der Waals surface area contributed by atoms with Crippen LogP contribution in [0.3, 0.4) is 0 Å². The lowest BCUT2D eigenvalue weighted by molar-refractivity contribution is -0.141. The average molecular weight is 346 g/mol. The van der Waals surface area contributed by atoms with Gasteiger partial charge in [0.2, 0.25) is 0 Å². The Labute approximate surface area is 141 Å². The Morgan fingerprint density at radius 2 is 1.57 bits per heavy atom. The summed E-state index contributed by atoms with van der Waals surface area (Å²) in [6.07, 6.45) is 3.10. The van der Waals surface area contributed by atoms with E-state index in [1.165, 1.54) is 13.0 Å². The molecular formula is C16H30O6Si. The summed E-state index contributed by atoms with van der Waals surface area (Å²) in [5.41, 5.74) is -0.273. The molecule has 0 heterocycles. The predicted molar refractivity (Wildman–Crippen MR) is 91.9 cm³/mol. The van der Waals surface area contributed by atoms with Gasteiger partial charge < -0.3 is 18.3 Å². The molecule has 0 fully saturated rings. The summed E-state index contributed by atoms with van der Waals surface area (Å²) >= 11 is 0. The second-order valence-corrected chi connectivity index (χ2v) is 7.13. The topological polar surface area (TPSA) is 71.1 Å². The first kappa shape index (κ1) is 23.8. The first-order chi connectivity index (χ1) is 10.7. The quantitative estimate of drug-likeness (QED) is 0.277. The van der Waals surface area contributed by atoms with Gasteiger partial charge in [-0.1, -0.05) is 20.1 Å². The third-order valence-corrected chi connectivity index (χ3v) is 5.04. The molecule has 1 unspecified atom stereocenters. The largest absolute Gasteiger partial charge is 0.458 e. The maximum atomic E-state index is 11.2. The van der Waals surface area contributed by atoms with Gasteiger partial charge in [-0.15, -0.1) is 0 Å². The van der Waals surface area contributed by atoms with Crippen molar-refractivity contribution < 1.29 is 27.9 Å². The molecule has 0 saturated heterocycles. The molecule has 0 aromatic heterocycles. The van der Waals surface area contributed by atoms with Gasteiger partial charge in [-0.2, -0.15) is 0 Å². The van der Waals surface area contributed by atoms with Crippen LogP contribution in [0.4, 0.5) is 0 Å². The van der Waals surface area contributed by atoms with Crippen molar-refractivity contribution >= 4 is 21.2 Å². The van der Waals surface area contributed by atoms with Crippen LogP contribution >= 0.6 is 0 Å². The van der Waals surface area contributed by atoms with Gasteiger partial charge in [0.05, 0.1) is 6.26 Å². The van der Waals surface area contributed by atoms with E-state index < -0.39 is 15.3 Å². The fourth-order valence-electron chi connectivity index (χ4n) is 1.39. The fourth-order valence-corrected chi connectivity index (χ4v) is 3.51. The first-order valence-electron chi connectivity index (χ1n) is 7.59. The maximum absolute atomic E-state index is 11.2. The van der Waals surface area contributed by atoms with Gasteiger partial charge in [0, 0.05) is 25.2 Å². The average Bonchev–Trinajstić information content (AvgIpc) is 2.43. The number of hydrogen-bond donors (Lipinski definition) is 0. The van der Waals surface area contributed by atoms with E-state index >= 15 is 0 Å². The summed E-state index contributed by atoms with van der Waals surface area (Å²) < 4.78 is 21.0. The molecule has 0 aromatic rings. The molecule has 0 radical (unpaired) electrons. The van der Waals surface area contributed by atoms with Crippen LogP contribution in [0.5, 0.6) is 0 Å². The first-order valence-corrected chi connectivity index (χ1v) is 9.20. The van der Waals surface area contributed by atoms with Crippen LogP contribution in [0.25, 0.3) is 0 Å². The number of hydrogen-bond acceptors (Lipinski definition) is 6. The second-order valence-electron chi connectivity index (χ2n) is 5.10. The van der Waals surface area contributed by atoms with Gasteiger partial charge in [-0.3, -0.25) is 4.79 Å².